The van der Waals surface area contributed by atoms with Crippen LogP contribution in [0.2, 0.25) is 0 Å². The summed E-state index contributed by atoms with van der Waals surface area (Å²) in [7, 11) is 3.13. The van der Waals surface area contributed by atoms with Crippen molar-refractivity contribution in [3.8, 4) is 11.5 Å². The van der Waals surface area contributed by atoms with E-state index >= 15 is 0 Å². The van der Waals surface area contributed by atoms with Gasteiger partial charge in [0.15, 0.2) is 0 Å². The van der Waals surface area contributed by atoms with Crippen LogP contribution in [0.15, 0.2) is 42.7 Å². The summed E-state index contributed by atoms with van der Waals surface area (Å²) in [5, 5.41) is 2.85. The normalized spacial score (nSPS) is 10.6. The van der Waals surface area contributed by atoms with E-state index in [1.54, 1.807) is 32.4 Å². The van der Waals surface area contributed by atoms with Gasteiger partial charge in [-0.3, -0.25) is 4.79 Å². The monoisotopic (exact) mass is 325 g/mol. The van der Waals surface area contributed by atoms with Crippen LogP contribution in [0.4, 0.5) is 5.69 Å². The zero-order chi connectivity index (χ0) is 17.1. The maximum absolute atomic E-state index is 12.4. The number of anilines is 1. The highest BCUT2D eigenvalue weighted by atomic mass is 16.5. The van der Waals surface area contributed by atoms with Gasteiger partial charge in [-0.1, -0.05) is 6.07 Å². The highest BCUT2D eigenvalue weighted by Crippen LogP contribution is 2.29. The van der Waals surface area contributed by atoms with Crippen LogP contribution in [-0.2, 0) is 11.2 Å². The zero-order valence-corrected chi connectivity index (χ0v) is 13.9. The molecule has 124 valence electrons. The number of nitrogens with one attached hydrogen (secondary N) is 1. The molecule has 24 heavy (non-hydrogen) atoms. The molecular formula is C18H19N3O3. The first kappa shape index (κ1) is 15.9. The van der Waals surface area contributed by atoms with Gasteiger partial charge in [0.25, 0.3) is 0 Å². The summed E-state index contributed by atoms with van der Waals surface area (Å²) >= 11 is 0. The SMILES string of the molecule is COc1ccc(OC)c(NC(=O)Cc2cn3cccc(C)c3n2)c1. The molecule has 3 rings (SSSR count). The van der Waals surface area contributed by atoms with E-state index in [1.165, 1.54) is 0 Å². The fourth-order valence-corrected chi connectivity index (χ4v) is 2.56. The van der Waals surface area contributed by atoms with Crippen molar-refractivity contribution in [2.24, 2.45) is 0 Å². The Morgan fingerprint density at radius 3 is 2.79 bits per heavy atom. The topological polar surface area (TPSA) is 64.9 Å². The van der Waals surface area contributed by atoms with Gasteiger partial charge in [0.1, 0.15) is 17.1 Å². The molecule has 6 heteroatoms. The number of nitrogens with zero attached hydrogens (tertiary/aromatic N) is 2. The van der Waals surface area contributed by atoms with E-state index in [0.29, 0.717) is 22.9 Å². The summed E-state index contributed by atoms with van der Waals surface area (Å²) in [5.41, 5.74) is 3.21. The number of pyridine rings is 1. The molecule has 0 bridgehead atoms. The fraction of sp³-hybridized carbons (Fsp3) is 0.222. The number of rotatable bonds is 5. The minimum Gasteiger partial charge on any atom is -0.497 e. The molecule has 1 N–H and O–H groups in total. The van der Waals surface area contributed by atoms with Gasteiger partial charge < -0.3 is 19.2 Å². The zero-order valence-electron chi connectivity index (χ0n) is 13.9. The third kappa shape index (κ3) is 3.17. The Balaban J connectivity index is 1.78. The largest absolute Gasteiger partial charge is 0.497 e. The van der Waals surface area contributed by atoms with Gasteiger partial charge in [0, 0.05) is 18.5 Å². The molecule has 0 radical (unpaired) electrons. The summed E-state index contributed by atoms with van der Waals surface area (Å²) in [6.07, 6.45) is 3.97. The first-order valence-corrected chi connectivity index (χ1v) is 7.56. The molecule has 0 aliphatic heterocycles. The number of methoxy groups -OCH3 is 2. The molecule has 0 fully saturated rings. The van der Waals surface area contributed by atoms with E-state index in [0.717, 1.165) is 11.2 Å². The number of aryl methyl sites for hydroxylation is 1. The molecule has 0 atom stereocenters. The van der Waals surface area contributed by atoms with Gasteiger partial charge in [-0.25, -0.2) is 4.98 Å². The number of amides is 1. The second-order valence-electron chi connectivity index (χ2n) is 5.45. The lowest BCUT2D eigenvalue weighted by Crippen LogP contribution is -2.15. The number of ether oxygens (including phenoxy) is 2. The van der Waals surface area contributed by atoms with Crippen LogP contribution in [0.3, 0.4) is 0 Å². The first-order valence-electron chi connectivity index (χ1n) is 7.56. The number of benzene rings is 1. The average Bonchev–Trinajstić information content (AvgIpc) is 2.98. The van der Waals surface area contributed by atoms with Crippen LogP contribution in [0.25, 0.3) is 5.65 Å². The standard InChI is InChI=1S/C18H19N3O3/c1-12-5-4-8-21-11-13(19-18(12)21)9-17(22)20-15-10-14(23-2)6-7-16(15)24-3/h4-8,10-11H,9H2,1-3H3,(H,20,22). The van der Waals surface area contributed by atoms with Crippen LogP contribution >= 0.6 is 0 Å². The number of carbonyl (C=O) groups excluding carboxylic acids is 1. The molecule has 0 saturated heterocycles. The minimum atomic E-state index is -0.164. The van der Waals surface area contributed by atoms with Crippen molar-refractivity contribution in [1.29, 1.82) is 0 Å². The molecule has 6 nitrogen and oxygen atoms in total. The Morgan fingerprint density at radius 2 is 2.08 bits per heavy atom. The molecule has 1 aromatic carbocycles. The summed E-state index contributed by atoms with van der Waals surface area (Å²) in [5.74, 6) is 1.06. The van der Waals surface area contributed by atoms with Gasteiger partial charge in [-0.15, -0.1) is 0 Å². The molecule has 0 saturated carbocycles. The van der Waals surface area contributed by atoms with E-state index in [1.807, 2.05) is 35.9 Å². The number of aromatic nitrogens is 2. The van der Waals surface area contributed by atoms with E-state index in [9.17, 15) is 4.79 Å². The van der Waals surface area contributed by atoms with E-state index in [2.05, 4.69) is 10.3 Å². The van der Waals surface area contributed by atoms with Crippen molar-refractivity contribution in [1.82, 2.24) is 9.38 Å². The van der Waals surface area contributed by atoms with Crippen LogP contribution in [-0.4, -0.2) is 29.5 Å². The summed E-state index contributed by atoms with van der Waals surface area (Å²) in [6, 6.07) is 9.20. The van der Waals surface area contributed by atoms with Crippen molar-refractivity contribution < 1.29 is 14.3 Å². The lowest BCUT2D eigenvalue weighted by molar-refractivity contribution is -0.115. The Hall–Kier alpha value is -3.02. The molecule has 0 spiro atoms. The van der Waals surface area contributed by atoms with Crippen LogP contribution in [0, 0.1) is 6.92 Å². The van der Waals surface area contributed by atoms with Gasteiger partial charge in [-0.2, -0.15) is 0 Å². The van der Waals surface area contributed by atoms with Gasteiger partial charge in [-0.05, 0) is 30.7 Å². The molecule has 2 heterocycles. The van der Waals surface area contributed by atoms with Crippen molar-refractivity contribution in [3.63, 3.8) is 0 Å². The number of carbonyl (C=O) groups is 1. The Morgan fingerprint density at radius 1 is 1.25 bits per heavy atom. The third-order valence-electron chi connectivity index (χ3n) is 3.75. The fourth-order valence-electron chi connectivity index (χ4n) is 2.56. The van der Waals surface area contributed by atoms with Crippen molar-refractivity contribution >= 4 is 17.2 Å². The van der Waals surface area contributed by atoms with Crippen molar-refractivity contribution in [3.05, 3.63) is 54.0 Å². The smallest absolute Gasteiger partial charge is 0.230 e. The number of hydrogen-bond donors (Lipinski definition) is 1. The lowest BCUT2D eigenvalue weighted by atomic mass is 10.2. The van der Waals surface area contributed by atoms with E-state index in [-0.39, 0.29) is 12.3 Å². The van der Waals surface area contributed by atoms with Gasteiger partial charge in [0.2, 0.25) is 5.91 Å². The highest BCUT2D eigenvalue weighted by Gasteiger charge is 2.12. The number of imidazole rings is 1. The minimum absolute atomic E-state index is 0.164. The molecule has 0 unspecified atom stereocenters. The second-order valence-corrected chi connectivity index (χ2v) is 5.45. The second kappa shape index (κ2) is 6.62. The van der Waals surface area contributed by atoms with E-state index in [4.69, 9.17) is 9.47 Å². The summed E-state index contributed by atoms with van der Waals surface area (Å²) in [6.45, 7) is 1.99. The van der Waals surface area contributed by atoms with Crippen molar-refractivity contribution in [2.75, 3.05) is 19.5 Å². The molecule has 0 aliphatic carbocycles. The predicted molar refractivity (Wildman–Crippen MR) is 91.8 cm³/mol. The molecule has 2 aromatic heterocycles. The maximum atomic E-state index is 12.4. The van der Waals surface area contributed by atoms with Crippen molar-refractivity contribution in [2.45, 2.75) is 13.3 Å². The lowest BCUT2D eigenvalue weighted by Gasteiger charge is -2.11. The maximum Gasteiger partial charge on any atom is 0.230 e. The molecule has 0 aliphatic rings. The quantitative estimate of drug-likeness (QED) is 0.783. The predicted octanol–water partition coefficient (Wildman–Crippen LogP) is 2.84. The Labute approximate surface area is 140 Å². The molecular weight excluding hydrogens is 306 g/mol. The van der Waals surface area contributed by atoms with E-state index < -0.39 is 0 Å². The molecule has 3 aromatic rings. The third-order valence-corrected chi connectivity index (χ3v) is 3.75. The van der Waals surface area contributed by atoms with Crippen LogP contribution in [0.5, 0.6) is 11.5 Å². The summed E-state index contributed by atoms with van der Waals surface area (Å²) < 4.78 is 12.4. The van der Waals surface area contributed by atoms with Gasteiger partial charge in [0.05, 0.1) is 32.0 Å². The molecule has 1 amide bonds. The highest BCUT2D eigenvalue weighted by molar-refractivity contribution is 5.93. The number of fused-ring (bicyclic) bond motifs is 1. The van der Waals surface area contributed by atoms with Crippen LogP contribution in [0.1, 0.15) is 11.3 Å². The van der Waals surface area contributed by atoms with Gasteiger partial charge >= 0.3 is 0 Å². The average molecular weight is 325 g/mol. The first-order chi connectivity index (χ1) is 11.6. The Bertz CT molecular complexity index is 886. The summed E-state index contributed by atoms with van der Waals surface area (Å²) in [4.78, 5) is 16.9. The van der Waals surface area contributed by atoms with Crippen LogP contribution < -0.4 is 14.8 Å². The Kier molecular flexibility index (Phi) is 4.37. The number of hydrogen-bond acceptors (Lipinski definition) is 4.